The van der Waals surface area contributed by atoms with Crippen molar-refractivity contribution in [1.82, 2.24) is 9.88 Å². The van der Waals surface area contributed by atoms with Gasteiger partial charge in [-0.3, -0.25) is 4.79 Å². The zero-order valence-corrected chi connectivity index (χ0v) is 15.3. The smallest absolute Gasteiger partial charge is 0.226 e. The Bertz CT molecular complexity index is 969. The Balaban J connectivity index is 1.50. The molecular weight excluding hydrogens is 378 g/mol. The summed E-state index contributed by atoms with van der Waals surface area (Å²) in [5.41, 5.74) is 0.773. The molecule has 9 heteroatoms. The molecule has 0 spiro atoms. The molecule has 0 atom stereocenters. The molecule has 0 saturated carbocycles. The number of nitrogens with zero attached hydrogens (tertiary/aromatic N) is 2. The first-order valence-electron chi connectivity index (χ1n) is 8.75. The number of oxazole rings is 1. The summed E-state index contributed by atoms with van der Waals surface area (Å²) in [5, 5.41) is 0. The maximum absolute atomic E-state index is 13.4. The van der Waals surface area contributed by atoms with Crippen molar-refractivity contribution < 1.29 is 26.4 Å². The van der Waals surface area contributed by atoms with Crippen molar-refractivity contribution in [1.29, 1.82) is 0 Å². The Kier molecular flexibility index (Phi) is 4.49. The lowest BCUT2D eigenvalue weighted by Crippen LogP contribution is -2.42. The maximum Gasteiger partial charge on any atom is 0.226 e. The first-order valence-corrected chi connectivity index (χ1v) is 10.6. The fourth-order valence-electron chi connectivity index (χ4n) is 3.58. The monoisotopic (exact) mass is 396 g/mol. The van der Waals surface area contributed by atoms with E-state index in [2.05, 4.69) is 4.98 Å². The second-order valence-electron chi connectivity index (χ2n) is 6.98. The van der Waals surface area contributed by atoms with Crippen LogP contribution in [0.5, 0.6) is 0 Å². The number of halogens is 2. The number of amides is 1. The lowest BCUT2D eigenvalue weighted by atomic mass is 10.00. The molecule has 144 valence electrons. The second-order valence-corrected chi connectivity index (χ2v) is 9.29. The Morgan fingerprint density at radius 2 is 1.81 bits per heavy atom. The van der Waals surface area contributed by atoms with Crippen LogP contribution in [-0.4, -0.2) is 42.3 Å². The summed E-state index contributed by atoms with van der Waals surface area (Å²) in [6.07, 6.45) is 1.14. The van der Waals surface area contributed by atoms with Gasteiger partial charge in [0.25, 0.3) is 0 Å². The highest BCUT2D eigenvalue weighted by Crippen LogP contribution is 2.29. The second kappa shape index (κ2) is 6.70. The van der Waals surface area contributed by atoms with E-state index in [1.165, 1.54) is 0 Å². The average molecular weight is 396 g/mol. The van der Waals surface area contributed by atoms with E-state index in [0.29, 0.717) is 37.3 Å². The maximum atomic E-state index is 13.4. The Labute approximate surface area is 155 Å². The third-order valence-electron chi connectivity index (χ3n) is 5.05. The third kappa shape index (κ3) is 3.73. The van der Waals surface area contributed by atoms with Crippen LogP contribution in [-0.2, 0) is 27.6 Å². The molecule has 1 aromatic carbocycles. The van der Waals surface area contributed by atoms with Gasteiger partial charge in [-0.15, -0.1) is 0 Å². The number of rotatable bonds is 2. The van der Waals surface area contributed by atoms with Crippen molar-refractivity contribution >= 4 is 15.7 Å². The van der Waals surface area contributed by atoms with Crippen molar-refractivity contribution in [3.63, 3.8) is 0 Å². The molecule has 2 aromatic rings. The number of sulfone groups is 1. The van der Waals surface area contributed by atoms with Gasteiger partial charge in [0.1, 0.15) is 32.9 Å². The lowest BCUT2D eigenvalue weighted by molar-refractivity contribution is -0.136. The molecule has 4 rings (SSSR count). The van der Waals surface area contributed by atoms with Gasteiger partial charge < -0.3 is 9.32 Å². The molecule has 0 bridgehead atoms. The van der Waals surface area contributed by atoms with Crippen LogP contribution in [0.1, 0.15) is 24.3 Å². The highest BCUT2D eigenvalue weighted by Gasteiger charge is 2.34. The molecule has 27 heavy (non-hydrogen) atoms. The molecule has 3 heterocycles. The highest BCUT2D eigenvalue weighted by molar-refractivity contribution is 7.91. The molecule has 1 aromatic heterocycles. The number of benzene rings is 1. The number of aromatic nitrogens is 1. The first-order chi connectivity index (χ1) is 12.8. The van der Waals surface area contributed by atoms with Gasteiger partial charge in [-0.25, -0.2) is 22.2 Å². The molecule has 2 aliphatic heterocycles. The summed E-state index contributed by atoms with van der Waals surface area (Å²) in [6.45, 7) is 0.694. The highest BCUT2D eigenvalue weighted by atomic mass is 32.2. The Morgan fingerprint density at radius 3 is 2.48 bits per heavy atom. The van der Waals surface area contributed by atoms with Gasteiger partial charge >= 0.3 is 0 Å². The van der Waals surface area contributed by atoms with Crippen LogP contribution in [0.3, 0.4) is 0 Å². The Hall–Kier alpha value is -2.29. The van der Waals surface area contributed by atoms with Crippen LogP contribution in [0, 0.1) is 17.6 Å². The van der Waals surface area contributed by atoms with E-state index in [-0.39, 0.29) is 41.3 Å². The molecule has 0 unspecified atom stereocenters. The molecular formula is C18H18F2N2O4S. The summed E-state index contributed by atoms with van der Waals surface area (Å²) < 4.78 is 55.6. The quantitative estimate of drug-likeness (QED) is 0.778. The summed E-state index contributed by atoms with van der Waals surface area (Å²) in [6, 6.07) is 3.06. The van der Waals surface area contributed by atoms with Crippen molar-refractivity contribution in [2.75, 3.05) is 18.1 Å². The summed E-state index contributed by atoms with van der Waals surface area (Å²) in [4.78, 5) is 18.7. The van der Waals surface area contributed by atoms with Crippen LogP contribution in [0.2, 0.25) is 0 Å². The number of carbonyl (C=O) groups is 1. The van der Waals surface area contributed by atoms with E-state index in [1.807, 2.05) is 0 Å². The van der Waals surface area contributed by atoms with Crippen molar-refractivity contribution in [3.05, 3.63) is 41.3 Å². The summed E-state index contributed by atoms with van der Waals surface area (Å²) in [5.74, 6) is -0.990. The molecule has 0 N–H and O–H groups in total. The largest absolute Gasteiger partial charge is 0.441 e. The normalized spacial score (nSPS) is 19.7. The van der Waals surface area contributed by atoms with Gasteiger partial charge in [0.05, 0.1) is 18.1 Å². The predicted molar refractivity (Wildman–Crippen MR) is 92.4 cm³/mol. The lowest BCUT2D eigenvalue weighted by Gasteiger charge is -2.30. The van der Waals surface area contributed by atoms with Gasteiger partial charge in [-0.05, 0) is 25.0 Å². The van der Waals surface area contributed by atoms with Gasteiger partial charge in [-0.1, -0.05) is 0 Å². The molecule has 6 nitrogen and oxygen atoms in total. The van der Waals surface area contributed by atoms with E-state index >= 15 is 0 Å². The Morgan fingerprint density at radius 1 is 1.15 bits per heavy atom. The summed E-state index contributed by atoms with van der Waals surface area (Å²) in [7, 11) is -3.02. The third-order valence-corrected chi connectivity index (χ3v) is 6.77. The zero-order valence-electron chi connectivity index (χ0n) is 14.5. The molecule has 1 saturated heterocycles. The topological polar surface area (TPSA) is 80.5 Å². The van der Waals surface area contributed by atoms with Crippen molar-refractivity contribution in [2.45, 2.75) is 25.8 Å². The van der Waals surface area contributed by atoms with Gasteiger partial charge in [-0.2, -0.15) is 0 Å². The molecule has 0 radical (unpaired) electrons. The number of hydrogen-bond donors (Lipinski definition) is 0. The average Bonchev–Trinajstić information content (AvgIpc) is 3.03. The SMILES string of the molecule is O=C(C1CCS(=O)(=O)CC1)N1CCc2oc(-c3cc(F)cc(F)c3)nc2C1. The van der Waals surface area contributed by atoms with Crippen molar-refractivity contribution in [2.24, 2.45) is 5.92 Å². The van der Waals surface area contributed by atoms with Gasteiger partial charge in [0, 0.05) is 30.5 Å². The first kappa shape index (κ1) is 18.1. The van der Waals surface area contributed by atoms with Gasteiger partial charge in [0.2, 0.25) is 11.8 Å². The van der Waals surface area contributed by atoms with Crippen LogP contribution >= 0.6 is 0 Å². The fourth-order valence-corrected chi connectivity index (χ4v) is 5.07. The molecule has 0 aliphatic carbocycles. The van der Waals surface area contributed by atoms with Crippen LogP contribution in [0.15, 0.2) is 22.6 Å². The molecule has 2 aliphatic rings. The fraction of sp³-hybridized carbons (Fsp3) is 0.444. The minimum atomic E-state index is -3.02. The summed E-state index contributed by atoms with van der Waals surface area (Å²) >= 11 is 0. The zero-order chi connectivity index (χ0) is 19.2. The molecule has 1 amide bonds. The minimum absolute atomic E-state index is 0.0434. The van der Waals surface area contributed by atoms with E-state index in [0.717, 1.165) is 18.2 Å². The van der Waals surface area contributed by atoms with Gasteiger partial charge in [0.15, 0.2) is 0 Å². The minimum Gasteiger partial charge on any atom is -0.441 e. The van der Waals surface area contributed by atoms with Crippen molar-refractivity contribution in [3.8, 4) is 11.5 Å². The van der Waals surface area contributed by atoms with E-state index in [9.17, 15) is 22.0 Å². The van der Waals surface area contributed by atoms with E-state index in [1.54, 1.807) is 4.90 Å². The predicted octanol–water partition coefficient (Wildman–Crippen LogP) is 2.33. The van der Waals surface area contributed by atoms with E-state index in [4.69, 9.17) is 4.42 Å². The van der Waals surface area contributed by atoms with E-state index < -0.39 is 21.5 Å². The molecule has 1 fully saturated rings. The number of hydrogen-bond acceptors (Lipinski definition) is 5. The van der Waals surface area contributed by atoms with Crippen LogP contribution in [0.25, 0.3) is 11.5 Å². The van der Waals surface area contributed by atoms with Crippen LogP contribution < -0.4 is 0 Å². The standard InChI is InChI=1S/C18H18F2N2O4S/c19-13-7-12(8-14(20)9-13)17-21-15-10-22(4-1-16(15)26-17)18(23)11-2-5-27(24,25)6-3-11/h7-9,11H,1-6,10H2. The number of carbonyl (C=O) groups excluding carboxylic acids is 1. The number of fused-ring (bicyclic) bond motifs is 1. The van der Waals surface area contributed by atoms with Crippen LogP contribution in [0.4, 0.5) is 8.78 Å².